The summed E-state index contributed by atoms with van der Waals surface area (Å²) in [4.78, 5) is 17.9. The minimum absolute atomic E-state index is 0.0784. The van der Waals surface area contributed by atoms with Crippen LogP contribution in [0.4, 0.5) is 16.0 Å². The fraction of sp³-hybridized carbons (Fsp3) is 0.179. The average molecular weight is 534 g/mol. The molecule has 2 heterocycles. The van der Waals surface area contributed by atoms with Gasteiger partial charge in [-0.1, -0.05) is 35.9 Å². The van der Waals surface area contributed by atoms with Crippen LogP contribution in [0.3, 0.4) is 0 Å². The van der Waals surface area contributed by atoms with Gasteiger partial charge < -0.3 is 20.1 Å². The van der Waals surface area contributed by atoms with Gasteiger partial charge in [0.1, 0.15) is 24.8 Å². The molecule has 10 heteroatoms. The third kappa shape index (κ3) is 4.92. The zero-order valence-corrected chi connectivity index (χ0v) is 21.7. The third-order valence-corrected chi connectivity index (χ3v) is 6.61. The number of methoxy groups -OCH3 is 1. The number of nitrogens with zero attached hydrogens (tertiary/aromatic N) is 3. The van der Waals surface area contributed by atoms with Crippen LogP contribution in [0.25, 0.3) is 0 Å². The molecule has 1 unspecified atom stereocenters. The third-order valence-electron chi connectivity index (χ3n) is 6.25. The maximum atomic E-state index is 14.2. The van der Waals surface area contributed by atoms with Crippen molar-refractivity contribution in [2.45, 2.75) is 26.5 Å². The summed E-state index contributed by atoms with van der Waals surface area (Å²) in [6.45, 7) is 3.71. The Morgan fingerprint density at radius 2 is 1.95 bits per heavy atom. The zero-order valence-electron chi connectivity index (χ0n) is 21.0. The highest BCUT2D eigenvalue weighted by molar-refractivity contribution is 6.31. The maximum absolute atomic E-state index is 14.2. The van der Waals surface area contributed by atoms with E-state index in [-0.39, 0.29) is 23.1 Å². The maximum Gasteiger partial charge on any atom is 0.255 e. The van der Waals surface area contributed by atoms with E-state index in [1.165, 1.54) is 25.6 Å². The molecule has 0 aliphatic carbocycles. The van der Waals surface area contributed by atoms with E-state index in [0.29, 0.717) is 34.4 Å². The van der Waals surface area contributed by atoms with Gasteiger partial charge in [-0.2, -0.15) is 10.1 Å². The molecule has 1 amide bonds. The Morgan fingerprint density at radius 1 is 1.13 bits per heavy atom. The first kappa shape index (κ1) is 25.3. The molecule has 1 aliphatic heterocycles. The molecule has 4 aromatic rings. The van der Waals surface area contributed by atoms with Crippen LogP contribution < -0.4 is 20.1 Å². The molecule has 2 N–H and O–H groups in total. The van der Waals surface area contributed by atoms with E-state index in [1.54, 1.807) is 22.9 Å². The Labute approximate surface area is 224 Å². The summed E-state index contributed by atoms with van der Waals surface area (Å²) in [5, 5.41) is 10.8. The predicted octanol–water partition coefficient (Wildman–Crippen LogP) is 5.89. The summed E-state index contributed by atoms with van der Waals surface area (Å²) in [7, 11) is 1.51. The number of rotatable bonds is 7. The molecule has 0 fully saturated rings. The van der Waals surface area contributed by atoms with Crippen molar-refractivity contribution < 1.29 is 18.7 Å². The quantitative estimate of drug-likeness (QED) is 0.308. The Hall–Kier alpha value is -4.37. The fourth-order valence-corrected chi connectivity index (χ4v) is 4.63. The van der Waals surface area contributed by atoms with Gasteiger partial charge in [0.25, 0.3) is 5.91 Å². The van der Waals surface area contributed by atoms with Gasteiger partial charge in [-0.15, -0.1) is 0 Å². The zero-order chi connectivity index (χ0) is 26.8. The van der Waals surface area contributed by atoms with Crippen LogP contribution in [0.1, 0.15) is 29.7 Å². The van der Waals surface area contributed by atoms with E-state index in [9.17, 15) is 9.18 Å². The van der Waals surface area contributed by atoms with Gasteiger partial charge in [-0.25, -0.2) is 9.07 Å². The van der Waals surface area contributed by atoms with Crippen LogP contribution in [0.5, 0.6) is 11.5 Å². The van der Waals surface area contributed by atoms with Gasteiger partial charge >= 0.3 is 0 Å². The van der Waals surface area contributed by atoms with Crippen LogP contribution >= 0.6 is 11.6 Å². The summed E-state index contributed by atoms with van der Waals surface area (Å²) < 4.78 is 27.3. The van der Waals surface area contributed by atoms with E-state index in [2.05, 4.69) is 20.7 Å². The first-order chi connectivity index (χ1) is 18.4. The molecule has 0 saturated heterocycles. The number of hydrogen-bond donors (Lipinski definition) is 2. The lowest BCUT2D eigenvalue weighted by Gasteiger charge is -2.29. The summed E-state index contributed by atoms with van der Waals surface area (Å²) in [5.74, 6) is 0.584. The molecule has 1 atom stereocenters. The van der Waals surface area contributed by atoms with Crippen molar-refractivity contribution in [3.63, 3.8) is 0 Å². The number of allylic oxidation sites excluding steroid dienone is 1. The van der Waals surface area contributed by atoms with Gasteiger partial charge in [0, 0.05) is 16.9 Å². The van der Waals surface area contributed by atoms with Crippen LogP contribution in [-0.4, -0.2) is 27.8 Å². The highest BCUT2D eigenvalue weighted by Gasteiger charge is 2.34. The van der Waals surface area contributed by atoms with E-state index in [4.69, 9.17) is 21.1 Å². The molecular weight excluding hydrogens is 509 g/mol. The highest BCUT2D eigenvalue weighted by atomic mass is 35.5. The molecule has 194 valence electrons. The van der Waals surface area contributed by atoms with E-state index in [1.807, 2.05) is 44.2 Å². The van der Waals surface area contributed by atoms with E-state index < -0.39 is 11.9 Å². The summed E-state index contributed by atoms with van der Waals surface area (Å²) in [6.07, 6.45) is 1.43. The lowest BCUT2D eigenvalue weighted by molar-refractivity contribution is -0.113. The highest BCUT2D eigenvalue weighted by Crippen LogP contribution is 2.39. The van der Waals surface area contributed by atoms with Gasteiger partial charge in [0.05, 0.1) is 17.7 Å². The van der Waals surface area contributed by atoms with Crippen LogP contribution in [0.15, 0.2) is 78.3 Å². The average Bonchev–Trinajstić information content (AvgIpc) is 3.35. The van der Waals surface area contributed by atoms with E-state index in [0.717, 1.165) is 11.1 Å². The lowest BCUT2D eigenvalue weighted by Crippen LogP contribution is -2.31. The molecule has 0 bridgehead atoms. The second-order valence-corrected chi connectivity index (χ2v) is 9.22. The number of nitrogens with one attached hydrogen (secondary N) is 2. The predicted molar refractivity (Wildman–Crippen MR) is 143 cm³/mol. The van der Waals surface area contributed by atoms with Crippen molar-refractivity contribution in [2.75, 3.05) is 17.7 Å². The molecular formula is C28H25ClFN5O3. The van der Waals surface area contributed by atoms with Gasteiger partial charge in [0.15, 0.2) is 11.5 Å². The lowest BCUT2D eigenvalue weighted by atomic mass is 9.94. The Balaban J connectivity index is 1.48. The van der Waals surface area contributed by atoms with E-state index >= 15 is 0 Å². The second kappa shape index (κ2) is 10.5. The topological polar surface area (TPSA) is 90.3 Å². The number of anilines is 2. The van der Waals surface area contributed by atoms with Crippen molar-refractivity contribution >= 4 is 29.1 Å². The standard InChI is InChI=1S/C28H25ClFN5O3/c1-16-6-4-7-19(12-16)34-27(36)25-17(2)33-28-31-15-32-35(28)26(25)18-10-11-23(24(13-18)37-3)38-14-20-21(29)8-5-9-22(20)30/h4-13,15,26H,14H2,1-3H3,(H,34,36)(H,31,32,33). The Morgan fingerprint density at radius 3 is 2.71 bits per heavy atom. The molecule has 3 aromatic carbocycles. The second-order valence-electron chi connectivity index (χ2n) is 8.82. The number of amides is 1. The van der Waals surface area contributed by atoms with Gasteiger partial charge in [-0.3, -0.25) is 4.79 Å². The molecule has 8 nitrogen and oxygen atoms in total. The normalized spacial score (nSPS) is 14.5. The van der Waals surface area contributed by atoms with Crippen LogP contribution in [-0.2, 0) is 11.4 Å². The molecule has 38 heavy (non-hydrogen) atoms. The molecule has 0 radical (unpaired) electrons. The first-order valence-corrected chi connectivity index (χ1v) is 12.2. The van der Waals surface area contributed by atoms with Gasteiger partial charge in [-0.05, 0) is 61.4 Å². The molecule has 0 saturated carbocycles. The number of aryl methyl sites for hydroxylation is 1. The smallest absolute Gasteiger partial charge is 0.255 e. The summed E-state index contributed by atoms with van der Waals surface area (Å²) >= 11 is 6.14. The SMILES string of the molecule is COc1cc(C2C(C(=O)Nc3cccc(C)c3)=C(C)Nc3ncnn32)ccc1OCc1c(F)cccc1Cl. The monoisotopic (exact) mass is 533 g/mol. The number of carbonyl (C=O) groups is 1. The molecule has 1 aliphatic rings. The molecule has 0 spiro atoms. The largest absolute Gasteiger partial charge is 0.493 e. The molecule has 1 aromatic heterocycles. The number of carbonyl (C=O) groups excluding carboxylic acids is 1. The van der Waals surface area contributed by atoms with Crippen molar-refractivity contribution in [1.82, 2.24) is 14.8 Å². The first-order valence-electron chi connectivity index (χ1n) is 11.8. The van der Waals surface area contributed by atoms with Crippen molar-refractivity contribution in [3.8, 4) is 11.5 Å². The van der Waals surface area contributed by atoms with Crippen LogP contribution in [0, 0.1) is 12.7 Å². The Bertz CT molecular complexity index is 1530. The van der Waals surface area contributed by atoms with Gasteiger partial charge in [0.2, 0.25) is 5.95 Å². The summed E-state index contributed by atoms with van der Waals surface area (Å²) in [5.41, 5.74) is 3.81. The minimum atomic E-state index is -0.595. The Kier molecular flexibility index (Phi) is 7.02. The fourth-order valence-electron chi connectivity index (χ4n) is 4.41. The van der Waals surface area contributed by atoms with Crippen LogP contribution in [0.2, 0.25) is 5.02 Å². The van der Waals surface area contributed by atoms with Crippen molar-refractivity contribution in [1.29, 1.82) is 0 Å². The summed E-state index contributed by atoms with van der Waals surface area (Å²) in [6, 6.07) is 16.8. The van der Waals surface area contributed by atoms with Crippen molar-refractivity contribution in [2.24, 2.45) is 0 Å². The number of halogens is 2. The number of aromatic nitrogens is 3. The van der Waals surface area contributed by atoms with Crippen molar-refractivity contribution in [3.05, 3.63) is 106 Å². The number of hydrogen-bond acceptors (Lipinski definition) is 6. The minimum Gasteiger partial charge on any atom is -0.493 e. The molecule has 5 rings (SSSR count). The number of fused-ring (bicyclic) bond motifs is 1. The number of benzene rings is 3. The number of ether oxygens (including phenoxy) is 2.